The van der Waals surface area contributed by atoms with E-state index in [9.17, 15) is 18.0 Å². The summed E-state index contributed by atoms with van der Waals surface area (Å²) in [7, 11) is -2.38. The Balaban J connectivity index is 1.65. The summed E-state index contributed by atoms with van der Waals surface area (Å²) in [6.07, 6.45) is 0. The number of sulfonamides is 1. The molecule has 4 rings (SSSR count). The minimum atomic E-state index is -4.09. The van der Waals surface area contributed by atoms with Crippen molar-refractivity contribution in [2.75, 3.05) is 10.0 Å². The van der Waals surface area contributed by atoms with Gasteiger partial charge < -0.3 is 5.32 Å². The lowest BCUT2D eigenvalue weighted by atomic mass is 10.1. The van der Waals surface area contributed by atoms with Gasteiger partial charge in [0.25, 0.3) is 21.5 Å². The summed E-state index contributed by atoms with van der Waals surface area (Å²) in [5.74, 6) is -0.639. The Morgan fingerprint density at radius 3 is 2.28 bits per heavy atom. The first-order valence-corrected chi connectivity index (χ1v) is 12.9. The van der Waals surface area contributed by atoms with Gasteiger partial charge in [-0.25, -0.2) is 13.1 Å². The Morgan fingerprint density at radius 2 is 1.61 bits per heavy atom. The van der Waals surface area contributed by atoms with E-state index in [1.54, 1.807) is 42.9 Å². The summed E-state index contributed by atoms with van der Waals surface area (Å²) in [4.78, 5) is 25.9. The molecule has 1 aromatic heterocycles. The van der Waals surface area contributed by atoms with Crippen molar-refractivity contribution in [2.24, 2.45) is 7.05 Å². The zero-order valence-corrected chi connectivity index (χ0v) is 21.7. The number of hydrogen-bond acceptors (Lipinski definition) is 4. The Bertz CT molecular complexity index is 1640. The van der Waals surface area contributed by atoms with Crippen molar-refractivity contribution >= 4 is 38.9 Å². The monoisotopic (exact) mass is 524 g/mol. The first-order valence-electron chi connectivity index (χ1n) is 11.0. The van der Waals surface area contributed by atoms with Crippen LogP contribution in [0.25, 0.3) is 5.69 Å². The number of benzene rings is 3. The van der Waals surface area contributed by atoms with E-state index in [2.05, 4.69) is 10.0 Å². The molecule has 4 aromatic rings. The van der Waals surface area contributed by atoms with Crippen molar-refractivity contribution in [1.82, 2.24) is 9.36 Å². The molecule has 0 aliphatic carbocycles. The number of nitrogens with zero attached hydrogens (tertiary/aromatic N) is 2. The van der Waals surface area contributed by atoms with Crippen LogP contribution in [0.5, 0.6) is 0 Å². The Kier molecular flexibility index (Phi) is 6.79. The van der Waals surface area contributed by atoms with Gasteiger partial charge in [-0.15, -0.1) is 0 Å². The average Bonchev–Trinajstić information content (AvgIpc) is 3.05. The molecule has 1 amide bonds. The second-order valence-electron chi connectivity index (χ2n) is 8.44. The maximum atomic E-state index is 13.1. The first-order chi connectivity index (χ1) is 17.0. The number of hydrogen-bond donors (Lipinski definition) is 2. The lowest BCUT2D eigenvalue weighted by Gasteiger charge is -2.12. The van der Waals surface area contributed by atoms with E-state index in [0.29, 0.717) is 17.1 Å². The van der Waals surface area contributed by atoms with Crippen molar-refractivity contribution in [3.63, 3.8) is 0 Å². The molecule has 1 heterocycles. The van der Waals surface area contributed by atoms with Gasteiger partial charge in [-0.1, -0.05) is 35.9 Å². The van der Waals surface area contributed by atoms with Gasteiger partial charge in [0, 0.05) is 18.3 Å². The molecule has 0 radical (unpaired) electrons. The quantitative estimate of drug-likeness (QED) is 0.378. The van der Waals surface area contributed by atoms with Crippen LogP contribution in [0.3, 0.4) is 0 Å². The normalized spacial score (nSPS) is 11.4. The topological polar surface area (TPSA) is 102 Å². The predicted molar refractivity (Wildman–Crippen MR) is 142 cm³/mol. The van der Waals surface area contributed by atoms with E-state index in [1.807, 2.05) is 38.1 Å². The highest BCUT2D eigenvalue weighted by Crippen LogP contribution is 2.26. The zero-order chi connectivity index (χ0) is 26.2. The fourth-order valence-electron chi connectivity index (χ4n) is 3.76. The van der Waals surface area contributed by atoms with E-state index in [0.717, 1.165) is 11.1 Å². The second kappa shape index (κ2) is 9.67. The van der Waals surface area contributed by atoms with Crippen LogP contribution in [0.4, 0.5) is 11.4 Å². The average molecular weight is 525 g/mol. The summed E-state index contributed by atoms with van der Waals surface area (Å²) in [5.41, 5.74) is 3.23. The van der Waals surface area contributed by atoms with Crippen LogP contribution in [-0.2, 0) is 17.1 Å². The highest BCUT2D eigenvalue weighted by molar-refractivity contribution is 7.92. The van der Waals surface area contributed by atoms with Gasteiger partial charge in [0.15, 0.2) is 0 Å². The third-order valence-corrected chi connectivity index (χ3v) is 7.90. The van der Waals surface area contributed by atoms with Gasteiger partial charge in [-0.2, -0.15) is 0 Å². The fourth-order valence-corrected chi connectivity index (χ4v) is 5.34. The molecule has 2 N–H and O–H groups in total. The summed E-state index contributed by atoms with van der Waals surface area (Å²) in [5, 5.41) is 2.60. The maximum Gasteiger partial charge on any atom is 0.295 e. The van der Waals surface area contributed by atoms with Gasteiger partial charge in [0.05, 0.1) is 16.4 Å². The lowest BCUT2D eigenvalue weighted by Crippen LogP contribution is -2.23. The minimum absolute atomic E-state index is 0.0359. The SMILES string of the molecule is Cc1ccc(NS(=O)(=O)c2cc(C(=O)Nc3c(C)n(C)n(-c4ccccc4)c3=O)ccc2Cl)cc1C. The Labute approximate surface area is 214 Å². The molecule has 10 heteroatoms. The first kappa shape index (κ1) is 25.3. The molecule has 0 fully saturated rings. The number of aryl methyl sites for hydroxylation is 2. The predicted octanol–water partition coefficient (Wildman–Crippen LogP) is 4.81. The van der Waals surface area contributed by atoms with Gasteiger partial charge >= 0.3 is 0 Å². The maximum absolute atomic E-state index is 13.1. The summed E-state index contributed by atoms with van der Waals surface area (Å²) < 4.78 is 31.7. The number of carbonyl (C=O) groups is 1. The van der Waals surface area contributed by atoms with Crippen LogP contribution in [-0.4, -0.2) is 23.7 Å². The summed E-state index contributed by atoms with van der Waals surface area (Å²) in [6.45, 7) is 5.51. The summed E-state index contributed by atoms with van der Waals surface area (Å²) in [6, 6.07) is 18.1. The molecule has 8 nitrogen and oxygen atoms in total. The molecule has 0 aliphatic heterocycles. The molecule has 0 unspecified atom stereocenters. The van der Waals surface area contributed by atoms with Crippen molar-refractivity contribution in [1.29, 1.82) is 0 Å². The molecule has 0 saturated carbocycles. The largest absolute Gasteiger partial charge is 0.316 e. The molecular formula is C26H25ClN4O4S. The van der Waals surface area contributed by atoms with E-state index in [-0.39, 0.29) is 21.2 Å². The van der Waals surface area contributed by atoms with E-state index < -0.39 is 21.5 Å². The molecule has 0 saturated heterocycles. The third-order valence-electron chi connectivity index (χ3n) is 6.03. The van der Waals surface area contributed by atoms with E-state index in [1.165, 1.54) is 22.9 Å². The molecule has 36 heavy (non-hydrogen) atoms. The Morgan fingerprint density at radius 1 is 0.917 bits per heavy atom. The molecule has 0 bridgehead atoms. The number of amides is 1. The van der Waals surface area contributed by atoms with Crippen LogP contribution in [0.15, 0.2) is 76.4 Å². The van der Waals surface area contributed by atoms with Gasteiger partial charge in [-0.05, 0) is 74.4 Å². The molecule has 186 valence electrons. The number of para-hydroxylation sites is 1. The Hall–Kier alpha value is -3.82. The van der Waals surface area contributed by atoms with E-state index >= 15 is 0 Å². The number of anilines is 2. The number of nitrogens with one attached hydrogen (secondary N) is 2. The number of aromatic nitrogens is 2. The van der Waals surface area contributed by atoms with Gasteiger partial charge in [0.2, 0.25) is 0 Å². The number of carbonyl (C=O) groups excluding carboxylic acids is 1. The third kappa shape index (κ3) is 4.80. The van der Waals surface area contributed by atoms with Crippen molar-refractivity contribution in [3.8, 4) is 5.69 Å². The minimum Gasteiger partial charge on any atom is -0.316 e. The smallest absolute Gasteiger partial charge is 0.295 e. The fraction of sp³-hybridized carbons (Fsp3) is 0.154. The van der Waals surface area contributed by atoms with Crippen LogP contribution in [0.1, 0.15) is 27.2 Å². The van der Waals surface area contributed by atoms with Crippen molar-refractivity contribution < 1.29 is 13.2 Å². The van der Waals surface area contributed by atoms with Crippen molar-refractivity contribution in [3.05, 3.63) is 104 Å². The summed E-state index contributed by atoms with van der Waals surface area (Å²) >= 11 is 6.20. The van der Waals surface area contributed by atoms with Crippen LogP contribution >= 0.6 is 11.6 Å². The second-order valence-corrected chi connectivity index (χ2v) is 10.5. The lowest BCUT2D eigenvalue weighted by molar-refractivity contribution is 0.102. The molecular weight excluding hydrogens is 500 g/mol. The standard InChI is InChI=1S/C26H25ClN4O4S/c1-16-10-12-20(14-17(16)2)29-36(34,35)23-15-19(11-13-22(23)27)25(32)28-24-18(3)30(4)31(26(24)33)21-8-6-5-7-9-21/h5-15,29H,1-4H3,(H,28,32). The van der Waals surface area contributed by atoms with Crippen LogP contribution in [0.2, 0.25) is 5.02 Å². The van der Waals surface area contributed by atoms with Crippen molar-refractivity contribution in [2.45, 2.75) is 25.7 Å². The molecule has 0 spiro atoms. The van der Waals surface area contributed by atoms with Gasteiger partial charge in [0.1, 0.15) is 10.6 Å². The number of halogens is 1. The van der Waals surface area contributed by atoms with E-state index in [4.69, 9.17) is 11.6 Å². The van der Waals surface area contributed by atoms with Gasteiger partial charge in [-0.3, -0.25) is 19.0 Å². The van der Waals surface area contributed by atoms with Crippen LogP contribution < -0.4 is 15.6 Å². The molecule has 3 aromatic carbocycles. The molecule has 0 aliphatic rings. The highest BCUT2D eigenvalue weighted by Gasteiger charge is 2.23. The van der Waals surface area contributed by atoms with Crippen LogP contribution in [0, 0.1) is 20.8 Å². The zero-order valence-electron chi connectivity index (χ0n) is 20.2. The number of rotatable bonds is 6. The molecule has 0 atom stereocenters. The highest BCUT2D eigenvalue weighted by atomic mass is 35.5.